The second kappa shape index (κ2) is 4.92. The van der Waals surface area contributed by atoms with Crippen LogP contribution in [0.3, 0.4) is 0 Å². The number of nitrogens with one attached hydrogen (secondary N) is 1. The molecule has 0 spiro atoms. The second-order valence-electron chi connectivity index (χ2n) is 4.75. The Morgan fingerprint density at radius 3 is 2.95 bits per heavy atom. The van der Waals surface area contributed by atoms with Crippen LogP contribution in [0.1, 0.15) is 18.2 Å². The highest BCUT2D eigenvalue weighted by atomic mass is 16.5. The minimum absolute atomic E-state index is 0.139. The first-order chi connectivity index (χ1) is 9.67. The number of rotatable bonds is 2. The molecular weight excluding hydrogens is 254 g/mol. The average Bonchev–Trinajstić information content (AvgIpc) is 2.45. The van der Waals surface area contributed by atoms with Gasteiger partial charge in [0.1, 0.15) is 5.75 Å². The fraction of sp³-hybridized carbons (Fsp3) is 0.267. The molecule has 0 saturated carbocycles. The number of carbonyl (C=O) groups excluding carboxylic acids is 1. The van der Waals surface area contributed by atoms with Crippen LogP contribution in [-0.4, -0.2) is 23.0 Å². The minimum atomic E-state index is -0.139. The number of hydrogen-bond donors (Lipinski definition) is 1. The number of hydrogen-bond acceptors (Lipinski definition) is 4. The second-order valence-corrected chi connectivity index (χ2v) is 4.75. The smallest absolute Gasteiger partial charge is 0.222 e. The summed E-state index contributed by atoms with van der Waals surface area (Å²) in [4.78, 5) is 20.0. The van der Waals surface area contributed by atoms with Crippen molar-refractivity contribution in [2.24, 2.45) is 0 Å². The molecular formula is C15H15N3O2. The topological polar surface area (TPSA) is 64.1 Å². The number of carbonyl (C=O) groups is 1. The Morgan fingerprint density at radius 1 is 1.35 bits per heavy atom. The molecule has 1 heterocycles. The van der Waals surface area contributed by atoms with Crippen LogP contribution in [0.2, 0.25) is 0 Å². The molecule has 20 heavy (non-hydrogen) atoms. The van der Waals surface area contributed by atoms with E-state index in [0.717, 1.165) is 35.5 Å². The molecule has 0 saturated heterocycles. The number of ether oxygens (including phenoxy) is 1. The molecule has 0 fully saturated rings. The standard InChI is InChI=1S/C15H15N3O2/c1-9(19)17-14-8-16-15-12-5-4-11(20-2)7-10(12)3-6-13(15)18-14/h4-5,7-8H,3,6H2,1-2H3,(H,17,18,19). The number of aryl methyl sites for hydroxylation is 2. The van der Waals surface area contributed by atoms with Gasteiger partial charge in [-0.1, -0.05) is 0 Å². The molecule has 0 radical (unpaired) electrons. The summed E-state index contributed by atoms with van der Waals surface area (Å²) in [6, 6.07) is 5.98. The van der Waals surface area contributed by atoms with Gasteiger partial charge in [0, 0.05) is 12.5 Å². The normalized spacial score (nSPS) is 12.3. The number of amides is 1. The van der Waals surface area contributed by atoms with Gasteiger partial charge in [-0.3, -0.25) is 9.78 Å². The van der Waals surface area contributed by atoms with Crippen LogP contribution in [0.5, 0.6) is 5.75 Å². The van der Waals surface area contributed by atoms with Gasteiger partial charge in [0.25, 0.3) is 0 Å². The number of benzene rings is 1. The maximum absolute atomic E-state index is 11.1. The fourth-order valence-electron chi connectivity index (χ4n) is 2.46. The Balaban J connectivity index is 2.02. The van der Waals surface area contributed by atoms with E-state index >= 15 is 0 Å². The summed E-state index contributed by atoms with van der Waals surface area (Å²) in [5, 5.41) is 2.66. The Kier molecular flexibility index (Phi) is 3.10. The lowest BCUT2D eigenvalue weighted by Crippen LogP contribution is -2.13. The van der Waals surface area contributed by atoms with E-state index in [-0.39, 0.29) is 5.91 Å². The summed E-state index contributed by atoms with van der Waals surface area (Å²) in [5.74, 6) is 1.23. The number of methoxy groups -OCH3 is 1. The molecule has 2 aromatic rings. The zero-order valence-electron chi connectivity index (χ0n) is 11.4. The summed E-state index contributed by atoms with van der Waals surface area (Å²) < 4.78 is 5.25. The predicted molar refractivity (Wildman–Crippen MR) is 75.7 cm³/mol. The quantitative estimate of drug-likeness (QED) is 0.907. The van der Waals surface area contributed by atoms with E-state index in [1.54, 1.807) is 13.3 Å². The van der Waals surface area contributed by atoms with Crippen molar-refractivity contribution in [1.82, 2.24) is 9.97 Å². The Morgan fingerprint density at radius 2 is 2.20 bits per heavy atom. The van der Waals surface area contributed by atoms with Crippen molar-refractivity contribution in [3.05, 3.63) is 35.7 Å². The van der Waals surface area contributed by atoms with Crippen molar-refractivity contribution >= 4 is 11.7 Å². The molecule has 1 N–H and O–H groups in total. The summed E-state index contributed by atoms with van der Waals surface area (Å²) >= 11 is 0. The molecule has 0 unspecified atom stereocenters. The van der Waals surface area contributed by atoms with Crippen LogP contribution in [0.15, 0.2) is 24.4 Å². The monoisotopic (exact) mass is 269 g/mol. The lowest BCUT2D eigenvalue weighted by atomic mass is 9.91. The molecule has 0 atom stereocenters. The highest BCUT2D eigenvalue weighted by Gasteiger charge is 2.19. The third kappa shape index (κ3) is 2.22. The molecule has 5 heteroatoms. The van der Waals surface area contributed by atoms with Gasteiger partial charge in [-0.25, -0.2) is 4.98 Å². The van der Waals surface area contributed by atoms with Gasteiger partial charge in [0.2, 0.25) is 5.91 Å². The summed E-state index contributed by atoms with van der Waals surface area (Å²) in [6.45, 7) is 1.46. The SMILES string of the molecule is COc1ccc2c(c1)CCc1nc(NC(C)=O)cnc1-2. The molecule has 1 aliphatic carbocycles. The van der Waals surface area contributed by atoms with E-state index in [1.807, 2.05) is 18.2 Å². The maximum Gasteiger partial charge on any atom is 0.222 e. The zero-order chi connectivity index (χ0) is 14.1. The zero-order valence-corrected chi connectivity index (χ0v) is 11.4. The molecule has 1 aromatic carbocycles. The summed E-state index contributed by atoms with van der Waals surface area (Å²) in [6.07, 6.45) is 3.31. The fourth-order valence-corrected chi connectivity index (χ4v) is 2.46. The van der Waals surface area contributed by atoms with Gasteiger partial charge in [-0.15, -0.1) is 0 Å². The van der Waals surface area contributed by atoms with Gasteiger partial charge in [0.15, 0.2) is 5.82 Å². The van der Waals surface area contributed by atoms with E-state index in [2.05, 4.69) is 15.3 Å². The first-order valence-corrected chi connectivity index (χ1v) is 6.48. The predicted octanol–water partition coefficient (Wildman–Crippen LogP) is 2.21. The molecule has 3 rings (SSSR count). The van der Waals surface area contributed by atoms with Crippen LogP contribution in [-0.2, 0) is 17.6 Å². The van der Waals surface area contributed by atoms with Gasteiger partial charge < -0.3 is 10.1 Å². The third-order valence-corrected chi connectivity index (χ3v) is 3.35. The van der Waals surface area contributed by atoms with E-state index in [1.165, 1.54) is 12.5 Å². The van der Waals surface area contributed by atoms with Crippen molar-refractivity contribution in [3.8, 4) is 17.0 Å². The lowest BCUT2D eigenvalue weighted by Gasteiger charge is -2.19. The van der Waals surface area contributed by atoms with E-state index in [9.17, 15) is 4.79 Å². The minimum Gasteiger partial charge on any atom is -0.497 e. The van der Waals surface area contributed by atoms with Gasteiger partial charge in [0.05, 0.1) is 24.7 Å². The van der Waals surface area contributed by atoms with Gasteiger partial charge >= 0.3 is 0 Å². The Hall–Kier alpha value is -2.43. The Bertz CT molecular complexity index is 683. The summed E-state index contributed by atoms with van der Waals surface area (Å²) in [7, 11) is 1.66. The molecule has 1 aliphatic rings. The van der Waals surface area contributed by atoms with Gasteiger partial charge in [-0.05, 0) is 36.6 Å². The maximum atomic E-state index is 11.1. The van der Waals surface area contributed by atoms with E-state index in [4.69, 9.17) is 4.74 Å². The number of nitrogens with zero attached hydrogens (tertiary/aromatic N) is 2. The van der Waals surface area contributed by atoms with Crippen LogP contribution < -0.4 is 10.1 Å². The van der Waals surface area contributed by atoms with Crippen LogP contribution in [0.25, 0.3) is 11.3 Å². The van der Waals surface area contributed by atoms with Crippen molar-refractivity contribution in [2.45, 2.75) is 19.8 Å². The molecule has 1 amide bonds. The van der Waals surface area contributed by atoms with Crippen LogP contribution in [0, 0.1) is 0 Å². The van der Waals surface area contributed by atoms with Crippen molar-refractivity contribution in [3.63, 3.8) is 0 Å². The third-order valence-electron chi connectivity index (χ3n) is 3.35. The van der Waals surface area contributed by atoms with Gasteiger partial charge in [-0.2, -0.15) is 0 Å². The molecule has 0 aliphatic heterocycles. The van der Waals surface area contributed by atoms with E-state index in [0.29, 0.717) is 5.82 Å². The number of fused-ring (bicyclic) bond motifs is 3. The van der Waals surface area contributed by atoms with E-state index < -0.39 is 0 Å². The van der Waals surface area contributed by atoms with Crippen molar-refractivity contribution in [2.75, 3.05) is 12.4 Å². The number of anilines is 1. The first-order valence-electron chi connectivity index (χ1n) is 6.48. The lowest BCUT2D eigenvalue weighted by molar-refractivity contribution is -0.114. The van der Waals surface area contributed by atoms with Crippen LogP contribution >= 0.6 is 0 Å². The summed E-state index contributed by atoms with van der Waals surface area (Å²) in [5.41, 5.74) is 4.13. The Labute approximate surface area is 117 Å². The highest BCUT2D eigenvalue weighted by Crippen LogP contribution is 2.33. The first kappa shape index (κ1) is 12.6. The largest absolute Gasteiger partial charge is 0.497 e. The molecule has 102 valence electrons. The molecule has 0 bridgehead atoms. The van der Waals surface area contributed by atoms with Crippen molar-refractivity contribution in [1.29, 1.82) is 0 Å². The molecule has 5 nitrogen and oxygen atoms in total. The number of aromatic nitrogens is 2. The molecule has 1 aromatic heterocycles. The van der Waals surface area contributed by atoms with Crippen molar-refractivity contribution < 1.29 is 9.53 Å². The average molecular weight is 269 g/mol. The highest BCUT2D eigenvalue weighted by molar-refractivity contribution is 5.87. The van der Waals surface area contributed by atoms with Crippen LogP contribution in [0.4, 0.5) is 5.82 Å².